The summed E-state index contributed by atoms with van der Waals surface area (Å²) in [6.07, 6.45) is 1.87. The van der Waals surface area contributed by atoms with Crippen molar-refractivity contribution < 1.29 is 19.1 Å². The third-order valence-corrected chi connectivity index (χ3v) is 5.06. The van der Waals surface area contributed by atoms with Gasteiger partial charge in [-0.05, 0) is 56.3 Å². The highest BCUT2D eigenvalue weighted by molar-refractivity contribution is 5.74. The van der Waals surface area contributed by atoms with E-state index >= 15 is 0 Å². The van der Waals surface area contributed by atoms with Gasteiger partial charge in [0.15, 0.2) is 6.10 Å². The zero-order chi connectivity index (χ0) is 15.7. The highest BCUT2D eigenvalue weighted by Crippen LogP contribution is 2.47. The van der Waals surface area contributed by atoms with E-state index in [-0.39, 0.29) is 5.92 Å². The fourth-order valence-electron chi connectivity index (χ4n) is 3.36. The van der Waals surface area contributed by atoms with E-state index in [1.165, 1.54) is 13.5 Å². The Labute approximate surface area is 131 Å². The standard InChI is InChI=1S/C17H25NO4/c1-11-9-14(11)15-4-3-13(22-15)10-18-7-5-12(6-8-18)16(19)17(20)21-2/h3-4,11-12,14,16,19H,5-10H2,1-2H3. The normalized spacial score (nSPS) is 27.6. The number of likely N-dealkylation sites (tertiary alicyclic amines) is 1. The first kappa shape index (κ1) is 15.6. The van der Waals surface area contributed by atoms with E-state index < -0.39 is 12.1 Å². The molecule has 2 fully saturated rings. The highest BCUT2D eigenvalue weighted by atomic mass is 16.5. The molecule has 3 atom stereocenters. The molecule has 1 N–H and O–H groups in total. The van der Waals surface area contributed by atoms with Gasteiger partial charge in [0, 0.05) is 5.92 Å². The van der Waals surface area contributed by atoms with Crippen LogP contribution in [-0.4, -0.2) is 42.3 Å². The first-order chi connectivity index (χ1) is 10.6. The SMILES string of the molecule is COC(=O)C(O)C1CCN(Cc2ccc(C3CC3C)o2)CC1. The number of hydrogen-bond donors (Lipinski definition) is 1. The number of piperidine rings is 1. The fraction of sp³-hybridized carbons (Fsp3) is 0.706. The molecule has 3 rings (SSSR count). The molecular formula is C17H25NO4. The number of aliphatic hydroxyl groups is 1. The lowest BCUT2D eigenvalue weighted by Crippen LogP contribution is -2.40. The maximum Gasteiger partial charge on any atom is 0.334 e. The van der Waals surface area contributed by atoms with E-state index in [1.54, 1.807) is 0 Å². The number of furan rings is 1. The predicted molar refractivity (Wildman–Crippen MR) is 81.3 cm³/mol. The van der Waals surface area contributed by atoms with Crippen molar-refractivity contribution in [2.45, 2.75) is 44.8 Å². The molecule has 0 amide bonds. The van der Waals surface area contributed by atoms with E-state index in [0.29, 0.717) is 5.92 Å². The molecule has 0 radical (unpaired) electrons. The lowest BCUT2D eigenvalue weighted by Gasteiger charge is -2.32. The van der Waals surface area contributed by atoms with Gasteiger partial charge in [0.1, 0.15) is 11.5 Å². The summed E-state index contributed by atoms with van der Waals surface area (Å²) >= 11 is 0. The third-order valence-electron chi connectivity index (χ3n) is 5.06. The summed E-state index contributed by atoms with van der Waals surface area (Å²) in [6.45, 7) is 4.80. The molecule has 0 aromatic carbocycles. The summed E-state index contributed by atoms with van der Waals surface area (Å²) in [5.74, 6) is 3.00. The molecule has 1 saturated carbocycles. The largest absolute Gasteiger partial charge is 0.467 e. The number of esters is 1. The van der Waals surface area contributed by atoms with Crippen LogP contribution in [-0.2, 0) is 16.1 Å². The van der Waals surface area contributed by atoms with Crippen LogP contribution in [0, 0.1) is 11.8 Å². The summed E-state index contributed by atoms with van der Waals surface area (Å²) in [4.78, 5) is 13.7. The maximum atomic E-state index is 11.4. The summed E-state index contributed by atoms with van der Waals surface area (Å²) < 4.78 is 10.6. The number of aliphatic hydroxyl groups excluding tert-OH is 1. The Balaban J connectivity index is 1.47. The van der Waals surface area contributed by atoms with Crippen LogP contribution in [0.3, 0.4) is 0 Å². The monoisotopic (exact) mass is 307 g/mol. The smallest absolute Gasteiger partial charge is 0.334 e. The van der Waals surface area contributed by atoms with Crippen molar-refractivity contribution in [1.29, 1.82) is 0 Å². The molecule has 5 nitrogen and oxygen atoms in total. The second-order valence-electron chi connectivity index (χ2n) is 6.71. The number of carbonyl (C=O) groups excluding carboxylic acids is 1. The molecule has 1 aromatic rings. The molecule has 2 aliphatic rings. The van der Waals surface area contributed by atoms with Gasteiger partial charge in [-0.15, -0.1) is 0 Å². The second-order valence-corrected chi connectivity index (χ2v) is 6.71. The number of ether oxygens (including phenoxy) is 1. The van der Waals surface area contributed by atoms with Gasteiger partial charge in [0.2, 0.25) is 0 Å². The maximum absolute atomic E-state index is 11.4. The molecule has 1 saturated heterocycles. The molecule has 0 spiro atoms. The molecule has 1 aliphatic heterocycles. The number of nitrogens with zero attached hydrogens (tertiary/aromatic N) is 1. The Hall–Kier alpha value is -1.33. The minimum Gasteiger partial charge on any atom is -0.467 e. The van der Waals surface area contributed by atoms with Gasteiger partial charge in [0.05, 0.1) is 13.7 Å². The van der Waals surface area contributed by atoms with Crippen LogP contribution in [0.25, 0.3) is 0 Å². The molecule has 22 heavy (non-hydrogen) atoms. The molecule has 1 aromatic heterocycles. The molecule has 0 bridgehead atoms. The van der Waals surface area contributed by atoms with Crippen molar-refractivity contribution in [3.63, 3.8) is 0 Å². The zero-order valence-electron chi connectivity index (χ0n) is 13.3. The number of hydrogen-bond acceptors (Lipinski definition) is 5. The summed E-state index contributed by atoms with van der Waals surface area (Å²) in [5, 5.41) is 9.90. The lowest BCUT2D eigenvalue weighted by atomic mass is 9.91. The lowest BCUT2D eigenvalue weighted by molar-refractivity contribution is -0.154. The van der Waals surface area contributed by atoms with Crippen molar-refractivity contribution in [3.05, 3.63) is 23.7 Å². The molecule has 3 unspecified atom stereocenters. The van der Waals surface area contributed by atoms with Crippen LogP contribution in [0.5, 0.6) is 0 Å². The number of rotatable bonds is 5. The van der Waals surface area contributed by atoms with E-state index in [2.05, 4.69) is 28.7 Å². The van der Waals surface area contributed by atoms with Crippen LogP contribution in [0.1, 0.15) is 43.6 Å². The van der Waals surface area contributed by atoms with Crippen molar-refractivity contribution in [3.8, 4) is 0 Å². The number of carbonyl (C=O) groups is 1. The van der Waals surface area contributed by atoms with Crippen LogP contribution in [0.4, 0.5) is 0 Å². The second kappa shape index (κ2) is 6.42. The minimum absolute atomic E-state index is 0.00294. The van der Waals surface area contributed by atoms with E-state index in [0.717, 1.165) is 49.9 Å². The Bertz CT molecular complexity index is 518. The van der Waals surface area contributed by atoms with E-state index in [4.69, 9.17) is 4.42 Å². The molecule has 5 heteroatoms. The average molecular weight is 307 g/mol. The first-order valence-corrected chi connectivity index (χ1v) is 8.15. The van der Waals surface area contributed by atoms with Crippen molar-refractivity contribution >= 4 is 5.97 Å². The third kappa shape index (κ3) is 3.36. The highest BCUT2D eigenvalue weighted by Gasteiger charge is 2.36. The van der Waals surface area contributed by atoms with Gasteiger partial charge in [0.25, 0.3) is 0 Å². The topological polar surface area (TPSA) is 62.9 Å². The van der Waals surface area contributed by atoms with Crippen molar-refractivity contribution in [2.24, 2.45) is 11.8 Å². The van der Waals surface area contributed by atoms with Crippen LogP contribution in [0.15, 0.2) is 16.5 Å². The Morgan fingerprint density at radius 1 is 1.45 bits per heavy atom. The van der Waals surface area contributed by atoms with Crippen LogP contribution >= 0.6 is 0 Å². The molecule has 1 aliphatic carbocycles. The Morgan fingerprint density at radius 3 is 2.73 bits per heavy atom. The molecule has 2 heterocycles. The fourth-order valence-corrected chi connectivity index (χ4v) is 3.36. The minimum atomic E-state index is -0.987. The quantitative estimate of drug-likeness (QED) is 0.845. The van der Waals surface area contributed by atoms with Crippen molar-refractivity contribution in [2.75, 3.05) is 20.2 Å². The van der Waals surface area contributed by atoms with Crippen molar-refractivity contribution in [1.82, 2.24) is 4.90 Å². The zero-order valence-corrected chi connectivity index (χ0v) is 13.3. The molecular weight excluding hydrogens is 282 g/mol. The Morgan fingerprint density at radius 2 is 2.14 bits per heavy atom. The predicted octanol–water partition coefficient (Wildman–Crippen LogP) is 2.15. The van der Waals surface area contributed by atoms with Crippen LogP contribution in [0.2, 0.25) is 0 Å². The summed E-state index contributed by atoms with van der Waals surface area (Å²) in [6, 6.07) is 4.19. The first-order valence-electron chi connectivity index (χ1n) is 8.15. The number of methoxy groups -OCH3 is 1. The Kier molecular flexibility index (Phi) is 4.54. The average Bonchev–Trinajstić information content (AvgIpc) is 3.08. The van der Waals surface area contributed by atoms with Gasteiger partial charge >= 0.3 is 5.97 Å². The summed E-state index contributed by atoms with van der Waals surface area (Å²) in [5.41, 5.74) is 0. The van der Waals surface area contributed by atoms with E-state index in [1.807, 2.05) is 0 Å². The molecule has 122 valence electrons. The van der Waals surface area contributed by atoms with Crippen LogP contribution < -0.4 is 0 Å². The van der Waals surface area contributed by atoms with Gasteiger partial charge in [-0.3, -0.25) is 4.90 Å². The van der Waals surface area contributed by atoms with Gasteiger partial charge < -0.3 is 14.3 Å². The summed E-state index contributed by atoms with van der Waals surface area (Å²) in [7, 11) is 1.32. The van der Waals surface area contributed by atoms with Gasteiger partial charge in [-0.2, -0.15) is 0 Å². The van der Waals surface area contributed by atoms with Gasteiger partial charge in [-0.1, -0.05) is 6.92 Å². The van der Waals surface area contributed by atoms with E-state index in [9.17, 15) is 9.90 Å². The van der Waals surface area contributed by atoms with Gasteiger partial charge in [-0.25, -0.2) is 4.79 Å².